The zero-order valence-electron chi connectivity index (χ0n) is 12.8. The number of nitro groups is 1. The number of carbonyl (C=O) groups excluding carboxylic acids is 1. The van der Waals surface area contributed by atoms with Crippen molar-refractivity contribution in [1.82, 2.24) is 4.98 Å². The van der Waals surface area contributed by atoms with Crippen LogP contribution in [0.5, 0.6) is 0 Å². The highest BCUT2D eigenvalue weighted by Crippen LogP contribution is 2.29. The summed E-state index contributed by atoms with van der Waals surface area (Å²) in [5.41, 5.74) is -0.141. The Morgan fingerprint density at radius 3 is 2.91 bits per heavy atom. The molecule has 1 aromatic rings. The highest BCUT2D eigenvalue weighted by molar-refractivity contribution is 5.90. The SMILES string of the molecule is CCC1CN(c2ncc(C(=O)OC)cc2[N+](=O)[O-])CC(C)O1. The van der Waals surface area contributed by atoms with Gasteiger partial charge in [-0.2, -0.15) is 0 Å². The number of carbonyl (C=O) groups is 1. The zero-order valence-corrected chi connectivity index (χ0v) is 12.8. The van der Waals surface area contributed by atoms with Crippen LogP contribution in [-0.4, -0.2) is 48.3 Å². The molecule has 0 radical (unpaired) electrons. The molecular formula is C14H19N3O5. The summed E-state index contributed by atoms with van der Waals surface area (Å²) in [5.74, 6) is -0.393. The lowest BCUT2D eigenvalue weighted by Crippen LogP contribution is -2.47. The predicted octanol–water partition coefficient (Wildman–Crippen LogP) is 1.78. The second-order valence-corrected chi connectivity index (χ2v) is 5.20. The monoisotopic (exact) mass is 309 g/mol. The lowest BCUT2D eigenvalue weighted by atomic mass is 10.1. The average Bonchev–Trinajstić information content (AvgIpc) is 2.52. The van der Waals surface area contributed by atoms with Gasteiger partial charge in [-0.1, -0.05) is 6.92 Å². The number of anilines is 1. The van der Waals surface area contributed by atoms with Gasteiger partial charge in [0.1, 0.15) is 0 Å². The van der Waals surface area contributed by atoms with Gasteiger partial charge in [0, 0.05) is 25.4 Å². The summed E-state index contributed by atoms with van der Waals surface area (Å²) in [7, 11) is 1.22. The van der Waals surface area contributed by atoms with E-state index in [1.54, 1.807) is 0 Å². The van der Waals surface area contributed by atoms with Gasteiger partial charge in [-0.25, -0.2) is 9.78 Å². The zero-order chi connectivity index (χ0) is 16.3. The predicted molar refractivity (Wildman–Crippen MR) is 79.1 cm³/mol. The number of nitrogens with zero attached hydrogens (tertiary/aromatic N) is 3. The van der Waals surface area contributed by atoms with E-state index in [9.17, 15) is 14.9 Å². The van der Waals surface area contributed by atoms with Gasteiger partial charge in [0.2, 0.25) is 5.82 Å². The van der Waals surface area contributed by atoms with Gasteiger partial charge in [0.15, 0.2) is 0 Å². The van der Waals surface area contributed by atoms with Gasteiger partial charge in [-0.05, 0) is 13.3 Å². The van der Waals surface area contributed by atoms with E-state index in [-0.39, 0.29) is 29.3 Å². The number of rotatable bonds is 4. The molecule has 2 unspecified atom stereocenters. The van der Waals surface area contributed by atoms with E-state index < -0.39 is 10.9 Å². The molecule has 2 heterocycles. The van der Waals surface area contributed by atoms with E-state index >= 15 is 0 Å². The first-order valence-electron chi connectivity index (χ1n) is 7.09. The number of pyridine rings is 1. The molecule has 1 aliphatic heterocycles. The molecule has 0 saturated carbocycles. The molecule has 0 amide bonds. The summed E-state index contributed by atoms with van der Waals surface area (Å²) in [6.45, 7) is 4.97. The molecule has 1 aromatic heterocycles. The molecule has 0 spiro atoms. The minimum absolute atomic E-state index is 0.00503. The molecule has 1 aliphatic rings. The Morgan fingerprint density at radius 2 is 2.32 bits per heavy atom. The summed E-state index contributed by atoms with van der Waals surface area (Å²) in [4.78, 5) is 28.3. The van der Waals surface area contributed by atoms with Crippen LogP contribution in [0, 0.1) is 10.1 Å². The number of ether oxygens (including phenoxy) is 2. The maximum atomic E-state index is 11.5. The van der Waals surface area contributed by atoms with E-state index in [1.165, 1.54) is 19.4 Å². The molecule has 120 valence electrons. The van der Waals surface area contributed by atoms with E-state index in [0.717, 1.165) is 6.42 Å². The number of morpholine rings is 1. The number of esters is 1. The topological polar surface area (TPSA) is 94.8 Å². The van der Waals surface area contributed by atoms with Crippen LogP contribution in [0.2, 0.25) is 0 Å². The fraction of sp³-hybridized carbons (Fsp3) is 0.571. The van der Waals surface area contributed by atoms with Gasteiger partial charge in [-0.15, -0.1) is 0 Å². The molecule has 0 aromatic carbocycles. The molecular weight excluding hydrogens is 290 g/mol. The molecule has 1 saturated heterocycles. The third-order valence-corrected chi connectivity index (χ3v) is 3.55. The third-order valence-electron chi connectivity index (χ3n) is 3.55. The number of hydrogen-bond donors (Lipinski definition) is 0. The van der Waals surface area contributed by atoms with E-state index in [2.05, 4.69) is 9.72 Å². The maximum absolute atomic E-state index is 11.5. The van der Waals surface area contributed by atoms with Crippen molar-refractivity contribution in [1.29, 1.82) is 0 Å². The van der Waals surface area contributed by atoms with Crippen molar-refractivity contribution in [3.05, 3.63) is 27.9 Å². The Bertz CT molecular complexity index is 578. The number of methoxy groups -OCH3 is 1. The molecule has 1 fully saturated rings. The van der Waals surface area contributed by atoms with Crippen LogP contribution in [0.1, 0.15) is 30.6 Å². The molecule has 2 rings (SSSR count). The molecule has 22 heavy (non-hydrogen) atoms. The summed E-state index contributed by atoms with van der Waals surface area (Å²) in [6.07, 6.45) is 2.08. The van der Waals surface area contributed by atoms with Gasteiger partial charge in [0.05, 0.1) is 29.8 Å². The Labute approximate surface area is 128 Å². The Hall–Kier alpha value is -2.22. The summed E-state index contributed by atoms with van der Waals surface area (Å²) >= 11 is 0. The molecule has 0 aliphatic carbocycles. The maximum Gasteiger partial charge on any atom is 0.339 e. The lowest BCUT2D eigenvalue weighted by molar-refractivity contribution is -0.384. The van der Waals surface area contributed by atoms with Crippen molar-refractivity contribution in [2.45, 2.75) is 32.5 Å². The van der Waals surface area contributed by atoms with Crippen molar-refractivity contribution in [3.63, 3.8) is 0 Å². The van der Waals surface area contributed by atoms with Crippen molar-refractivity contribution < 1.29 is 19.2 Å². The van der Waals surface area contributed by atoms with Crippen LogP contribution in [0.4, 0.5) is 11.5 Å². The fourth-order valence-corrected chi connectivity index (χ4v) is 2.50. The van der Waals surface area contributed by atoms with Crippen molar-refractivity contribution in [2.24, 2.45) is 0 Å². The molecule has 2 atom stereocenters. The first-order chi connectivity index (χ1) is 10.5. The van der Waals surface area contributed by atoms with E-state index in [0.29, 0.717) is 13.1 Å². The van der Waals surface area contributed by atoms with Crippen LogP contribution >= 0.6 is 0 Å². The average molecular weight is 309 g/mol. The second kappa shape index (κ2) is 6.69. The van der Waals surface area contributed by atoms with Crippen molar-refractivity contribution in [2.75, 3.05) is 25.1 Å². The summed E-state index contributed by atoms with van der Waals surface area (Å²) < 4.78 is 10.3. The molecule has 8 heteroatoms. The van der Waals surface area contributed by atoms with Crippen LogP contribution < -0.4 is 4.90 Å². The highest BCUT2D eigenvalue weighted by atomic mass is 16.6. The van der Waals surface area contributed by atoms with Crippen molar-refractivity contribution in [3.8, 4) is 0 Å². The first kappa shape index (κ1) is 16.2. The van der Waals surface area contributed by atoms with Gasteiger partial charge in [-0.3, -0.25) is 10.1 Å². The van der Waals surface area contributed by atoms with Gasteiger partial charge < -0.3 is 14.4 Å². The highest BCUT2D eigenvalue weighted by Gasteiger charge is 2.30. The van der Waals surface area contributed by atoms with Crippen LogP contribution in [0.15, 0.2) is 12.3 Å². The molecule has 0 N–H and O–H groups in total. The minimum Gasteiger partial charge on any atom is -0.465 e. The first-order valence-corrected chi connectivity index (χ1v) is 7.09. The molecule has 8 nitrogen and oxygen atoms in total. The van der Waals surface area contributed by atoms with Crippen molar-refractivity contribution >= 4 is 17.5 Å². The minimum atomic E-state index is -0.649. The Balaban J connectivity index is 2.37. The molecule has 0 bridgehead atoms. The lowest BCUT2D eigenvalue weighted by Gasteiger charge is -2.36. The van der Waals surface area contributed by atoms with Crippen LogP contribution in [0.3, 0.4) is 0 Å². The smallest absolute Gasteiger partial charge is 0.339 e. The fourth-order valence-electron chi connectivity index (χ4n) is 2.50. The van der Waals surface area contributed by atoms with E-state index in [1.807, 2.05) is 18.7 Å². The van der Waals surface area contributed by atoms with Gasteiger partial charge in [0.25, 0.3) is 0 Å². The van der Waals surface area contributed by atoms with Gasteiger partial charge >= 0.3 is 11.7 Å². The second-order valence-electron chi connectivity index (χ2n) is 5.20. The number of aromatic nitrogens is 1. The largest absolute Gasteiger partial charge is 0.465 e. The normalized spacial score (nSPS) is 21.5. The Kier molecular flexibility index (Phi) is 4.92. The summed E-state index contributed by atoms with van der Waals surface area (Å²) in [6, 6.07) is 1.20. The standard InChI is InChI=1S/C14H19N3O5/c1-4-11-8-16(7-9(2)22-11)13-12(17(19)20)5-10(6-15-13)14(18)21-3/h5-6,9,11H,4,7-8H2,1-3H3. The van der Waals surface area contributed by atoms with Crippen LogP contribution in [0.25, 0.3) is 0 Å². The summed E-state index contributed by atoms with van der Waals surface area (Å²) in [5, 5.41) is 11.3. The third kappa shape index (κ3) is 3.33. The Morgan fingerprint density at radius 1 is 1.59 bits per heavy atom. The quantitative estimate of drug-likeness (QED) is 0.475. The van der Waals surface area contributed by atoms with Crippen LogP contribution in [-0.2, 0) is 9.47 Å². The van der Waals surface area contributed by atoms with E-state index in [4.69, 9.17) is 4.74 Å². The number of hydrogen-bond acceptors (Lipinski definition) is 7.